The molecular formula is C9H13NO. The van der Waals surface area contributed by atoms with Crippen molar-refractivity contribution in [3.63, 3.8) is 0 Å². The maximum Gasteiger partial charge on any atom is 0.104 e. The molecule has 11 heavy (non-hydrogen) atoms. The number of rotatable bonds is 3. The normalized spacial score (nSPS) is 17.2. The van der Waals surface area contributed by atoms with Gasteiger partial charge in [0, 0.05) is 18.5 Å². The Balaban J connectivity index is 1.99. The minimum Gasteiger partial charge on any atom is -0.469 e. The largest absolute Gasteiger partial charge is 0.469 e. The molecule has 1 aromatic rings. The monoisotopic (exact) mass is 151 g/mol. The molecule has 0 aliphatic heterocycles. The fourth-order valence-electron chi connectivity index (χ4n) is 1.25. The van der Waals surface area contributed by atoms with Crippen LogP contribution in [-0.4, -0.2) is 0 Å². The van der Waals surface area contributed by atoms with E-state index < -0.39 is 0 Å². The Hall–Kier alpha value is -0.760. The number of furan rings is 1. The van der Waals surface area contributed by atoms with Crippen molar-refractivity contribution in [2.75, 3.05) is 0 Å². The molecule has 1 saturated carbocycles. The first kappa shape index (κ1) is 6.92. The smallest absolute Gasteiger partial charge is 0.104 e. The van der Waals surface area contributed by atoms with Crippen molar-refractivity contribution in [2.45, 2.75) is 25.8 Å². The van der Waals surface area contributed by atoms with Crippen molar-refractivity contribution < 1.29 is 4.42 Å². The molecule has 60 valence electrons. The lowest BCUT2D eigenvalue weighted by molar-refractivity contribution is 0.496. The van der Waals surface area contributed by atoms with Crippen LogP contribution in [0.3, 0.4) is 0 Å². The Labute approximate surface area is 66.4 Å². The Morgan fingerprint density at radius 2 is 2.36 bits per heavy atom. The maximum atomic E-state index is 5.45. The minimum absolute atomic E-state index is 0.591. The lowest BCUT2D eigenvalue weighted by Crippen LogP contribution is -1.92. The fraction of sp³-hybridized carbons (Fsp3) is 0.556. The number of hydrogen-bond acceptors (Lipinski definition) is 2. The topological polar surface area (TPSA) is 39.2 Å². The van der Waals surface area contributed by atoms with E-state index in [1.165, 1.54) is 12.8 Å². The molecule has 0 unspecified atom stereocenters. The molecule has 1 aliphatic carbocycles. The third-order valence-corrected chi connectivity index (χ3v) is 2.13. The van der Waals surface area contributed by atoms with E-state index in [-0.39, 0.29) is 0 Å². The zero-order valence-corrected chi connectivity index (χ0v) is 6.55. The van der Waals surface area contributed by atoms with E-state index in [0.717, 1.165) is 23.7 Å². The summed E-state index contributed by atoms with van der Waals surface area (Å²) >= 11 is 0. The van der Waals surface area contributed by atoms with E-state index in [4.69, 9.17) is 10.2 Å². The van der Waals surface area contributed by atoms with Crippen molar-refractivity contribution in [2.24, 2.45) is 11.7 Å². The average molecular weight is 151 g/mol. The molecule has 0 spiro atoms. The van der Waals surface area contributed by atoms with E-state index in [9.17, 15) is 0 Å². The van der Waals surface area contributed by atoms with Crippen LogP contribution in [0.15, 0.2) is 16.7 Å². The molecule has 2 N–H and O–H groups in total. The fourth-order valence-corrected chi connectivity index (χ4v) is 1.25. The standard InChI is InChI=1S/C9H13NO/c10-5-8-4-9(11-6-8)3-7-1-2-7/h4,6-7H,1-3,5,10H2. The summed E-state index contributed by atoms with van der Waals surface area (Å²) in [6, 6.07) is 2.07. The first-order valence-electron chi connectivity index (χ1n) is 4.15. The predicted octanol–water partition coefficient (Wildman–Crippen LogP) is 1.69. The van der Waals surface area contributed by atoms with Gasteiger partial charge in [-0.3, -0.25) is 0 Å². The van der Waals surface area contributed by atoms with Crippen molar-refractivity contribution in [1.29, 1.82) is 0 Å². The van der Waals surface area contributed by atoms with E-state index in [2.05, 4.69) is 6.07 Å². The molecule has 1 heterocycles. The summed E-state index contributed by atoms with van der Waals surface area (Å²) in [4.78, 5) is 0. The van der Waals surface area contributed by atoms with Gasteiger partial charge in [-0.05, 0) is 24.8 Å². The highest BCUT2D eigenvalue weighted by Crippen LogP contribution is 2.32. The lowest BCUT2D eigenvalue weighted by Gasteiger charge is -1.88. The van der Waals surface area contributed by atoms with E-state index in [1.54, 1.807) is 6.26 Å². The molecule has 0 aromatic carbocycles. The lowest BCUT2D eigenvalue weighted by atomic mass is 10.2. The molecule has 2 nitrogen and oxygen atoms in total. The first-order valence-corrected chi connectivity index (χ1v) is 4.15. The summed E-state index contributed by atoms with van der Waals surface area (Å²) in [6.07, 6.45) is 5.62. The van der Waals surface area contributed by atoms with Crippen LogP contribution in [0.4, 0.5) is 0 Å². The summed E-state index contributed by atoms with van der Waals surface area (Å²) in [5.41, 5.74) is 6.56. The summed E-state index contributed by atoms with van der Waals surface area (Å²) in [7, 11) is 0. The molecule has 0 saturated heterocycles. The van der Waals surface area contributed by atoms with Gasteiger partial charge < -0.3 is 10.2 Å². The second-order valence-corrected chi connectivity index (χ2v) is 3.27. The zero-order valence-electron chi connectivity index (χ0n) is 6.55. The number of nitrogens with two attached hydrogens (primary N) is 1. The molecular weight excluding hydrogens is 138 g/mol. The summed E-state index contributed by atoms with van der Waals surface area (Å²) in [5.74, 6) is 2.00. The van der Waals surface area contributed by atoms with Gasteiger partial charge >= 0.3 is 0 Å². The highest BCUT2D eigenvalue weighted by molar-refractivity contribution is 5.13. The second-order valence-electron chi connectivity index (χ2n) is 3.27. The molecule has 2 rings (SSSR count). The zero-order chi connectivity index (χ0) is 7.68. The quantitative estimate of drug-likeness (QED) is 0.714. The summed E-state index contributed by atoms with van der Waals surface area (Å²) < 4.78 is 5.33. The van der Waals surface area contributed by atoms with Gasteiger partial charge in [-0.1, -0.05) is 0 Å². The first-order chi connectivity index (χ1) is 5.38. The Morgan fingerprint density at radius 1 is 1.55 bits per heavy atom. The van der Waals surface area contributed by atoms with Crippen LogP contribution in [0.2, 0.25) is 0 Å². The van der Waals surface area contributed by atoms with E-state index in [0.29, 0.717) is 6.54 Å². The molecule has 1 aromatic heterocycles. The molecule has 1 aliphatic rings. The third-order valence-electron chi connectivity index (χ3n) is 2.13. The summed E-state index contributed by atoms with van der Waals surface area (Å²) in [5, 5.41) is 0. The molecule has 2 heteroatoms. The van der Waals surface area contributed by atoms with Crippen LogP contribution >= 0.6 is 0 Å². The third kappa shape index (κ3) is 1.63. The van der Waals surface area contributed by atoms with Gasteiger partial charge in [-0.25, -0.2) is 0 Å². The van der Waals surface area contributed by atoms with Crippen LogP contribution in [0.5, 0.6) is 0 Å². The van der Waals surface area contributed by atoms with Crippen LogP contribution in [0.1, 0.15) is 24.2 Å². The second kappa shape index (κ2) is 2.70. The van der Waals surface area contributed by atoms with Gasteiger partial charge in [0.1, 0.15) is 5.76 Å². The average Bonchev–Trinajstić information content (AvgIpc) is 2.68. The van der Waals surface area contributed by atoms with Crippen molar-refractivity contribution in [3.8, 4) is 0 Å². The minimum atomic E-state index is 0.591. The molecule has 0 bridgehead atoms. The summed E-state index contributed by atoms with van der Waals surface area (Å²) in [6.45, 7) is 0.591. The highest BCUT2D eigenvalue weighted by atomic mass is 16.3. The predicted molar refractivity (Wildman–Crippen MR) is 43.0 cm³/mol. The molecule has 0 radical (unpaired) electrons. The van der Waals surface area contributed by atoms with E-state index in [1.807, 2.05) is 0 Å². The van der Waals surface area contributed by atoms with Gasteiger partial charge in [0.15, 0.2) is 0 Å². The molecule has 0 atom stereocenters. The van der Waals surface area contributed by atoms with Gasteiger partial charge in [0.2, 0.25) is 0 Å². The highest BCUT2D eigenvalue weighted by Gasteiger charge is 2.22. The maximum absolute atomic E-state index is 5.45. The number of hydrogen-bond donors (Lipinski definition) is 1. The van der Waals surface area contributed by atoms with Gasteiger partial charge in [0.05, 0.1) is 6.26 Å². The van der Waals surface area contributed by atoms with Gasteiger partial charge in [-0.2, -0.15) is 0 Å². The molecule has 0 amide bonds. The SMILES string of the molecule is NCc1coc(CC2CC2)c1. The van der Waals surface area contributed by atoms with Gasteiger partial charge in [0.25, 0.3) is 0 Å². The van der Waals surface area contributed by atoms with Crippen molar-refractivity contribution in [1.82, 2.24) is 0 Å². The Morgan fingerprint density at radius 3 is 2.91 bits per heavy atom. The van der Waals surface area contributed by atoms with Crippen LogP contribution < -0.4 is 5.73 Å². The van der Waals surface area contributed by atoms with Crippen LogP contribution in [0, 0.1) is 5.92 Å². The van der Waals surface area contributed by atoms with Crippen molar-refractivity contribution in [3.05, 3.63) is 23.7 Å². The molecule has 1 fully saturated rings. The van der Waals surface area contributed by atoms with Gasteiger partial charge in [-0.15, -0.1) is 0 Å². The van der Waals surface area contributed by atoms with Crippen molar-refractivity contribution >= 4 is 0 Å². The van der Waals surface area contributed by atoms with Crippen LogP contribution in [-0.2, 0) is 13.0 Å². The Bertz CT molecular complexity index is 237. The Kier molecular flexibility index (Phi) is 1.70. The van der Waals surface area contributed by atoms with E-state index >= 15 is 0 Å². The van der Waals surface area contributed by atoms with Crippen LogP contribution in [0.25, 0.3) is 0 Å².